The minimum absolute atomic E-state index is 0.182. The molecule has 0 bridgehead atoms. The molecule has 4 aromatic rings. The van der Waals surface area contributed by atoms with Gasteiger partial charge in [-0.15, -0.1) is 0 Å². The number of piperazine rings is 1. The fourth-order valence-corrected chi connectivity index (χ4v) is 4.52. The SMILES string of the molecule is O=C(O)c1c(CN2CCN(c3ccccn3)CC2)n(-c2ccccc2)c(=O)c2ccccc12. The minimum atomic E-state index is -1.03. The molecule has 5 rings (SSSR count). The van der Waals surface area contributed by atoms with Crippen LogP contribution in [0.25, 0.3) is 16.5 Å². The average molecular weight is 441 g/mol. The second-order valence-corrected chi connectivity index (χ2v) is 8.10. The average Bonchev–Trinajstić information content (AvgIpc) is 2.86. The molecule has 7 heteroatoms. The summed E-state index contributed by atoms with van der Waals surface area (Å²) < 4.78 is 1.57. The van der Waals surface area contributed by atoms with Crippen LogP contribution < -0.4 is 10.5 Å². The lowest BCUT2D eigenvalue weighted by Gasteiger charge is -2.36. The number of carboxylic acids is 1. The first-order valence-corrected chi connectivity index (χ1v) is 11.0. The maximum Gasteiger partial charge on any atom is 0.338 e. The predicted octanol–water partition coefficient (Wildman–Crippen LogP) is 3.41. The second kappa shape index (κ2) is 8.88. The second-order valence-electron chi connectivity index (χ2n) is 8.10. The van der Waals surface area contributed by atoms with Gasteiger partial charge in [-0.25, -0.2) is 9.78 Å². The highest BCUT2D eigenvalue weighted by Gasteiger charge is 2.26. The van der Waals surface area contributed by atoms with Crippen molar-refractivity contribution < 1.29 is 9.90 Å². The maximum atomic E-state index is 13.5. The molecule has 1 N–H and O–H groups in total. The normalized spacial score (nSPS) is 14.5. The lowest BCUT2D eigenvalue weighted by molar-refractivity contribution is 0.0695. The summed E-state index contributed by atoms with van der Waals surface area (Å²) in [7, 11) is 0. The highest BCUT2D eigenvalue weighted by molar-refractivity contribution is 6.04. The van der Waals surface area contributed by atoms with Crippen molar-refractivity contribution in [3.8, 4) is 5.69 Å². The van der Waals surface area contributed by atoms with Crippen LogP contribution in [-0.2, 0) is 6.54 Å². The first-order chi connectivity index (χ1) is 16.1. The molecule has 33 heavy (non-hydrogen) atoms. The van der Waals surface area contributed by atoms with Gasteiger partial charge in [-0.05, 0) is 30.3 Å². The van der Waals surface area contributed by atoms with Crippen molar-refractivity contribution in [2.24, 2.45) is 0 Å². The summed E-state index contributed by atoms with van der Waals surface area (Å²) >= 11 is 0. The minimum Gasteiger partial charge on any atom is -0.478 e. The van der Waals surface area contributed by atoms with E-state index in [1.165, 1.54) is 0 Å². The molecule has 2 aromatic heterocycles. The molecule has 1 aliphatic heterocycles. The molecule has 1 aliphatic rings. The van der Waals surface area contributed by atoms with E-state index in [4.69, 9.17) is 0 Å². The van der Waals surface area contributed by atoms with E-state index in [-0.39, 0.29) is 11.1 Å². The smallest absolute Gasteiger partial charge is 0.338 e. The van der Waals surface area contributed by atoms with Crippen molar-refractivity contribution >= 4 is 22.6 Å². The summed E-state index contributed by atoms with van der Waals surface area (Å²) in [6.07, 6.45) is 1.79. The topological polar surface area (TPSA) is 78.7 Å². The van der Waals surface area contributed by atoms with Crippen molar-refractivity contribution in [2.75, 3.05) is 31.1 Å². The summed E-state index contributed by atoms with van der Waals surface area (Å²) in [5, 5.41) is 11.1. The Balaban J connectivity index is 1.57. The zero-order chi connectivity index (χ0) is 22.8. The van der Waals surface area contributed by atoms with Gasteiger partial charge in [0.1, 0.15) is 5.82 Å². The van der Waals surface area contributed by atoms with Crippen LogP contribution in [0.1, 0.15) is 16.1 Å². The fourth-order valence-electron chi connectivity index (χ4n) is 4.52. The van der Waals surface area contributed by atoms with Gasteiger partial charge in [0.2, 0.25) is 0 Å². The van der Waals surface area contributed by atoms with E-state index in [1.807, 2.05) is 48.5 Å². The number of hydrogen-bond donors (Lipinski definition) is 1. The third-order valence-corrected chi connectivity index (χ3v) is 6.14. The number of nitrogens with zero attached hydrogens (tertiary/aromatic N) is 4. The number of pyridine rings is 2. The number of carbonyl (C=O) groups is 1. The van der Waals surface area contributed by atoms with Crippen molar-refractivity contribution in [1.82, 2.24) is 14.5 Å². The van der Waals surface area contributed by atoms with E-state index < -0.39 is 5.97 Å². The summed E-state index contributed by atoms with van der Waals surface area (Å²) in [5.41, 5.74) is 1.15. The number of aromatic carboxylic acids is 1. The van der Waals surface area contributed by atoms with E-state index in [0.29, 0.717) is 28.7 Å². The van der Waals surface area contributed by atoms with Gasteiger partial charge in [0, 0.05) is 55.4 Å². The first-order valence-electron chi connectivity index (χ1n) is 11.0. The Labute approximate surface area is 191 Å². The monoisotopic (exact) mass is 440 g/mol. The lowest BCUT2D eigenvalue weighted by Crippen LogP contribution is -2.47. The standard InChI is InChI=1S/C26H24N4O3/c31-25-21-11-5-4-10-20(21)24(26(32)33)22(30(25)19-8-2-1-3-9-19)18-28-14-16-29(17-15-28)23-12-6-7-13-27-23/h1-13H,14-18H2,(H,32,33). The van der Waals surface area contributed by atoms with Crippen LogP contribution in [-0.4, -0.2) is 51.7 Å². The molecule has 0 spiro atoms. The molecule has 1 fully saturated rings. The number of anilines is 1. The van der Waals surface area contributed by atoms with Crippen LogP contribution in [0.2, 0.25) is 0 Å². The van der Waals surface area contributed by atoms with Crippen LogP contribution in [0.4, 0.5) is 5.82 Å². The molecule has 3 heterocycles. The highest BCUT2D eigenvalue weighted by atomic mass is 16.4. The molecule has 0 unspecified atom stereocenters. The number of aromatic nitrogens is 2. The summed E-state index contributed by atoms with van der Waals surface area (Å²) in [4.78, 5) is 34.9. The van der Waals surface area contributed by atoms with E-state index in [0.717, 1.165) is 32.0 Å². The zero-order valence-corrected chi connectivity index (χ0v) is 18.1. The number of fused-ring (bicyclic) bond motifs is 1. The first kappa shape index (κ1) is 20.9. The highest BCUT2D eigenvalue weighted by Crippen LogP contribution is 2.25. The van der Waals surface area contributed by atoms with Gasteiger partial charge in [-0.3, -0.25) is 14.3 Å². The Morgan fingerprint density at radius 2 is 1.52 bits per heavy atom. The van der Waals surface area contributed by atoms with Gasteiger partial charge in [0.05, 0.1) is 11.3 Å². The predicted molar refractivity (Wildman–Crippen MR) is 128 cm³/mol. The summed E-state index contributed by atoms with van der Waals surface area (Å²) in [6, 6.07) is 22.1. The fraction of sp³-hybridized carbons (Fsp3) is 0.192. The molecule has 0 saturated carbocycles. The number of carboxylic acid groups (broad SMARTS) is 1. The van der Waals surface area contributed by atoms with Crippen molar-refractivity contribution in [3.05, 3.63) is 101 Å². The van der Waals surface area contributed by atoms with E-state index in [9.17, 15) is 14.7 Å². The van der Waals surface area contributed by atoms with Crippen molar-refractivity contribution in [1.29, 1.82) is 0 Å². The molecular weight excluding hydrogens is 416 g/mol. The van der Waals surface area contributed by atoms with Crippen LogP contribution >= 0.6 is 0 Å². The zero-order valence-electron chi connectivity index (χ0n) is 18.1. The molecule has 2 aromatic carbocycles. The van der Waals surface area contributed by atoms with E-state index in [2.05, 4.69) is 14.8 Å². The quantitative estimate of drug-likeness (QED) is 0.513. The number of para-hydroxylation sites is 1. The Kier molecular flexibility index (Phi) is 5.62. The van der Waals surface area contributed by atoms with Crippen LogP contribution in [0.3, 0.4) is 0 Å². The van der Waals surface area contributed by atoms with Crippen LogP contribution in [0.15, 0.2) is 83.8 Å². The molecule has 1 saturated heterocycles. The molecular formula is C26H24N4O3. The van der Waals surface area contributed by atoms with Gasteiger partial charge in [-0.2, -0.15) is 0 Å². The van der Waals surface area contributed by atoms with Gasteiger partial charge < -0.3 is 10.0 Å². The Morgan fingerprint density at radius 1 is 0.848 bits per heavy atom. The summed E-state index contributed by atoms with van der Waals surface area (Å²) in [6.45, 7) is 3.41. The number of hydrogen-bond acceptors (Lipinski definition) is 5. The van der Waals surface area contributed by atoms with Gasteiger partial charge in [0.25, 0.3) is 5.56 Å². The molecule has 0 radical (unpaired) electrons. The van der Waals surface area contributed by atoms with Crippen molar-refractivity contribution in [3.63, 3.8) is 0 Å². The Hall–Kier alpha value is -3.97. The molecule has 0 aliphatic carbocycles. The van der Waals surface area contributed by atoms with Crippen LogP contribution in [0.5, 0.6) is 0 Å². The third-order valence-electron chi connectivity index (χ3n) is 6.14. The number of benzene rings is 2. The largest absolute Gasteiger partial charge is 0.478 e. The van der Waals surface area contributed by atoms with Gasteiger partial charge in [0.15, 0.2) is 0 Å². The lowest BCUT2D eigenvalue weighted by atomic mass is 10.0. The van der Waals surface area contributed by atoms with E-state index in [1.54, 1.807) is 35.0 Å². The summed E-state index contributed by atoms with van der Waals surface area (Å²) in [5.74, 6) is -0.0896. The Bertz CT molecular complexity index is 1340. The third kappa shape index (κ3) is 3.99. The number of rotatable bonds is 5. The Morgan fingerprint density at radius 3 is 2.18 bits per heavy atom. The molecule has 7 nitrogen and oxygen atoms in total. The van der Waals surface area contributed by atoms with Crippen molar-refractivity contribution in [2.45, 2.75) is 6.54 Å². The van der Waals surface area contributed by atoms with Gasteiger partial charge in [-0.1, -0.05) is 42.5 Å². The van der Waals surface area contributed by atoms with Crippen LogP contribution in [0, 0.1) is 0 Å². The molecule has 166 valence electrons. The van der Waals surface area contributed by atoms with E-state index >= 15 is 0 Å². The molecule has 0 atom stereocenters. The maximum absolute atomic E-state index is 13.5. The molecule has 0 amide bonds. The van der Waals surface area contributed by atoms with Gasteiger partial charge >= 0.3 is 5.97 Å².